The molecule has 0 saturated carbocycles. The van der Waals surface area contributed by atoms with E-state index in [0.717, 1.165) is 21.5 Å². The number of fused-ring (bicyclic) bond motifs is 1. The number of thiazole rings is 1. The first kappa shape index (κ1) is 13.7. The Hall–Kier alpha value is -2.31. The van der Waals surface area contributed by atoms with Gasteiger partial charge in [0.25, 0.3) is 5.91 Å². The number of anilines is 1. The Kier molecular flexibility index (Phi) is 3.89. The Morgan fingerprint density at radius 1 is 1.33 bits per heavy atom. The molecular formula is C15H14N4OS. The van der Waals surface area contributed by atoms with Gasteiger partial charge >= 0.3 is 0 Å². The molecule has 0 saturated heterocycles. The molecule has 0 bridgehead atoms. The van der Waals surface area contributed by atoms with Crippen molar-refractivity contribution in [2.75, 3.05) is 11.9 Å². The first-order valence-electron chi connectivity index (χ1n) is 6.56. The van der Waals surface area contributed by atoms with Crippen LogP contribution in [0.3, 0.4) is 0 Å². The summed E-state index contributed by atoms with van der Waals surface area (Å²) < 4.78 is 0. The van der Waals surface area contributed by atoms with Crippen molar-refractivity contribution in [2.45, 2.75) is 6.42 Å². The molecule has 3 rings (SSSR count). The summed E-state index contributed by atoms with van der Waals surface area (Å²) >= 11 is 1.45. The standard InChI is InChI=1S/C15H14N4OS/c16-6-4-14-18-13(9-21-14)15(20)19-12-3-1-2-10-5-7-17-8-11(10)12/h1-3,5,7-9H,4,6,16H2,(H,19,20). The number of hydrogen-bond acceptors (Lipinski definition) is 5. The van der Waals surface area contributed by atoms with Gasteiger partial charge in [0.05, 0.1) is 10.7 Å². The third-order valence-electron chi connectivity index (χ3n) is 3.07. The third-order valence-corrected chi connectivity index (χ3v) is 3.98. The molecule has 106 valence electrons. The fourth-order valence-electron chi connectivity index (χ4n) is 2.06. The SMILES string of the molecule is NCCc1nc(C(=O)Nc2cccc3ccncc23)cs1. The van der Waals surface area contributed by atoms with Gasteiger partial charge in [-0.2, -0.15) is 0 Å². The molecule has 3 aromatic rings. The minimum Gasteiger partial charge on any atom is -0.330 e. The fraction of sp³-hybridized carbons (Fsp3) is 0.133. The first-order chi connectivity index (χ1) is 10.3. The molecule has 0 aliphatic carbocycles. The summed E-state index contributed by atoms with van der Waals surface area (Å²) in [5, 5.41) is 7.46. The largest absolute Gasteiger partial charge is 0.330 e. The summed E-state index contributed by atoms with van der Waals surface area (Å²) in [5.74, 6) is -0.217. The lowest BCUT2D eigenvalue weighted by atomic mass is 10.1. The maximum absolute atomic E-state index is 12.3. The molecule has 0 aliphatic heterocycles. The van der Waals surface area contributed by atoms with Gasteiger partial charge in [-0.25, -0.2) is 4.98 Å². The maximum Gasteiger partial charge on any atom is 0.275 e. The molecule has 0 radical (unpaired) electrons. The summed E-state index contributed by atoms with van der Waals surface area (Å²) in [7, 11) is 0. The van der Waals surface area contributed by atoms with Crippen LogP contribution in [0.5, 0.6) is 0 Å². The summed E-state index contributed by atoms with van der Waals surface area (Å²) in [4.78, 5) is 20.6. The van der Waals surface area contributed by atoms with Gasteiger partial charge in [0.15, 0.2) is 0 Å². The van der Waals surface area contributed by atoms with Crippen LogP contribution in [0, 0.1) is 0 Å². The quantitative estimate of drug-likeness (QED) is 0.775. The molecule has 0 spiro atoms. The van der Waals surface area contributed by atoms with Crippen LogP contribution < -0.4 is 11.1 Å². The normalized spacial score (nSPS) is 10.7. The van der Waals surface area contributed by atoms with E-state index in [1.807, 2.05) is 24.3 Å². The number of aromatic nitrogens is 2. The molecule has 2 aromatic heterocycles. The van der Waals surface area contributed by atoms with Gasteiger partial charge in [0.2, 0.25) is 0 Å². The Labute approximate surface area is 125 Å². The number of carbonyl (C=O) groups excluding carboxylic acids is 1. The molecule has 0 unspecified atom stereocenters. The highest BCUT2D eigenvalue weighted by Gasteiger charge is 2.12. The predicted octanol–water partition coefficient (Wildman–Crippen LogP) is 2.44. The predicted molar refractivity (Wildman–Crippen MR) is 84.6 cm³/mol. The van der Waals surface area contributed by atoms with Crippen LogP contribution in [-0.2, 0) is 6.42 Å². The van der Waals surface area contributed by atoms with Crippen LogP contribution in [0.1, 0.15) is 15.5 Å². The topological polar surface area (TPSA) is 80.9 Å². The molecule has 0 aliphatic rings. The van der Waals surface area contributed by atoms with Crippen LogP contribution in [0.15, 0.2) is 42.0 Å². The summed E-state index contributed by atoms with van der Waals surface area (Å²) in [5.41, 5.74) is 6.65. The van der Waals surface area contributed by atoms with Crippen molar-refractivity contribution in [1.29, 1.82) is 0 Å². The monoisotopic (exact) mass is 298 g/mol. The molecule has 6 heteroatoms. The van der Waals surface area contributed by atoms with Crippen molar-refractivity contribution in [1.82, 2.24) is 9.97 Å². The van der Waals surface area contributed by atoms with Gasteiger partial charge in [0, 0.05) is 29.6 Å². The number of carbonyl (C=O) groups is 1. The lowest BCUT2D eigenvalue weighted by molar-refractivity contribution is 0.102. The highest BCUT2D eigenvalue weighted by molar-refractivity contribution is 7.09. The van der Waals surface area contributed by atoms with Crippen molar-refractivity contribution in [2.24, 2.45) is 5.73 Å². The number of benzene rings is 1. The van der Waals surface area contributed by atoms with Crippen LogP contribution >= 0.6 is 11.3 Å². The van der Waals surface area contributed by atoms with Crippen LogP contribution in [0.2, 0.25) is 0 Å². The molecule has 0 atom stereocenters. The number of hydrogen-bond donors (Lipinski definition) is 2. The Bertz CT molecular complexity index is 779. The second-order valence-corrected chi connectivity index (χ2v) is 5.46. The number of rotatable bonds is 4. The van der Waals surface area contributed by atoms with E-state index >= 15 is 0 Å². The highest BCUT2D eigenvalue weighted by Crippen LogP contribution is 2.22. The zero-order chi connectivity index (χ0) is 14.7. The number of nitrogens with two attached hydrogens (primary N) is 1. The van der Waals surface area contributed by atoms with Crippen molar-refractivity contribution in [3.05, 3.63) is 52.7 Å². The summed E-state index contributed by atoms with van der Waals surface area (Å²) in [6, 6.07) is 7.65. The minimum atomic E-state index is -0.217. The number of nitrogens with one attached hydrogen (secondary N) is 1. The van der Waals surface area contributed by atoms with E-state index in [-0.39, 0.29) is 5.91 Å². The van der Waals surface area contributed by atoms with Gasteiger partial charge < -0.3 is 11.1 Å². The van der Waals surface area contributed by atoms with Gasteiger partial charge in [-0.05, 0) is 24.1 Å². The van der Waals surface area contributed by atoms with Crippen LogP contribution in [0.25, 0.3) is 10.8 Å². The molecular weight excluding hydrogens is 284 g/mol. The van der Waals surface area contributed by atoms with Crippen LogP contribution in [-0.4, -0.2) is 22.4 Å². The van der Waals surface area contributed by atoms with Crippen molar-refractivity contribution < 1.29 is 4.79 Å². The molecule has 1 aromatic carbocycles. The van der Waals surface area contributed by atoms with Gasteiger partial charge in [0.1, 0.15) is 5.69 Å². The van der Waals surface area contributed by atoms with Crippen molar-refractivity contribution >= 4 is 33.7 Å². The molecule has 2 heterocycles. The second-order valence-electron chi connectivity index (χ2n) is 4.52. The fourth-order valence-corrected chi connectivity index (χ4v) is 2.86. The molecule has 5 nitrogen and oxygen atoms in total. The number of amides is 1. The minimum absolute atomic E-state index is 0.217. The highest BCUT2D eigenvalue weighted by atomic mass is 32.1. The Balaban J connectivity index is 1.85. The van der Waals surface area contributed by atoms with Crippen molar-refractivity contribution in [3.63, 3.8) is 0 Å². The Morgan fingerprint density at radius 2 is 2.24 bits per heavy atom. The van der Waals surface area contributed by atoms with E-state index in [9.17, 15) is 4.79 Å². The van der Waals surface area contributed by atoms with Gasteiger partial charge in [-0.15, -0.1) is 11.3 Å². The first-order valence-corrected chi connectivity index (χ1v) is 7.44. The zero-order valence-corrected chi connectivity index (χ0v) is 12.1. The molecule has 0 fully saturated rings. The smallest absolute Gasteiger partial charge is 0.275 e. The van der Waals surface area contributed by atoms with E-state index in [2.05, 4.69) is 15.3 Å². The van der Waals surface area contributed by atoms with E-state index in [1.54, 1.807) is 17.8 Å². The third kappa shape index (κ3) is 2.91. The second kappa shape index (κ2) is 5.99. The summed E-state index contributed by atoms with van der Waals surface area (Å²) in [6.07, 6.45) is 4.16. The molecule has 3 N–H and O–H groups in total. The van der Waals surface area contributed by atoms with Crippen LogP contribution in [0.4, 0.5) is 5.69 Å². The van der Waals surface area contributed by atoms with E-state index in [1.165, 1.54) is 11.3 Å². The number of pyridine rings is 1. The lowest BCUT2D eigenvalue weighted by Gasteiger charge is -2.06. The van der Waals surface area contributed by atoms with E-state index in [4.69, 9.17) is 5.73 Å². The molecule has 1 amide bonds. The molecule has 21 heavy (non-hydrogen) atoms. The maximum atomic E-state index is 12.3. The Morgan fingerprint density at radius 3 is 3.10 bits per heavy atom. The van der Waals surface area contributed by atoms with Gasteiger partial charge in [-0.1, -0.05) is 12.1 Å². The average Bonchev–Trinajstić information content (AvgIpc) is 2.97. The average molecular weight is 298 g/mol. The lowest BCUT2D eigenvalue weighted by Crippen LogP contribution is -2.13. The van der Waals surface area contributed by atoms with Crippen molar-refractivity contribution in [3.8, 4) is 0 Å². The zero-order valence-electron chi connectivity index (χ0n) is 11.2. The summed E-state index contributed by atoms with van der Waals surface area (Å²) in [6.45, 7) is 0.531. The van der Waals surface area contributed by atoms with Gasteiger partial charge in [-0.3, -0.25) is 9.78 Å². The van der Waals surface area contributed by atoms with E-state index < -0.39 is 0 Å². The number of nitrogens with zero attached hydrogens (tertiary/aromatic N) is 2. The van der Waals surface area contributed by atoms with E-state index in [0.29, 0.717) is 18.7 Å².